The Balaban J connectivity index is 2.91. The van der Waals surface area contributed by atoms with Crippen molar-refractivity contribution < 1.29 is 9.90 Å². The Hall–Kier alpha value is -1.31. The quantitative estimate of drug-likeness (QED) is 0.616. The molecule has 0 saturated carbocycles. The van der Waals surface area contributed by atoms with E-state index >= 15 is 0 Å². The summed E-state index contributed by atoms with van der Waals surface area (Å²) in [6.45, 7) is 5.99. The van der Waals surface area contributed by atoms with Gasteiger partial charge in [0.1, 0.15) is 11.5 Å². The van der Waals surface area contributed by atoms with E-state index in [9.17, 15) is 9.90 Å². The zero-order chi connectivity index (χ0) is 15.7. The van der Waals surface area contributed by atoms with Crippen LogP contribution in [0.4, 0.5) is 0 Å². The molecule has 0 unspecified atom stereocenters. The van der Waals surface area contributed by atoms with Crippen LogP contribution >= 0.6 is 0 Å². The molecule has 1 aromatic carbocycles. The Morgan fingerprint density at radius 3 is 1.81 bits per heavy atom. The standard InChI is InChI=1S/C19H30O2/c1-4-6-8-10-17-13-16(12-15(3)20)14-18(19(17)21)11-9-7-5-2/h13-14,21H,4-12H2,1-3H3. The molecule has 2 heteroatoms. The van der Waals surface area contributed by atoms with E-state index < -0.39 is 0 Å². The molecule has 0 heterocycles. The summed E-state index contributed by atoms with van der Waals surface area (Å²) < 4.78 is 0. The first-order valence-electron chi connectivity index (χ1n) is 8.41. The van der Waals surface area contributed by atoms with E-state index in [0.29, 0.717) is 12.2 Å². The number of carbonyl (C=O) groups excluding carboxylic acids is 1. The minimum absolute atomic E-state index is 0.180. The van der Waals surface area contributed by atoms with Crippen LogP contribution in [0.25, 0.3) is 0 Å². The largest absolute Gasteiger partial charge is 0.507 e. The second kappa shape index (κ2) is 9.59. The minimum Gasteiger partial charge on any atom is -0.507 e. The third kappa shape index (κ3) is 6.33. The predicted molar refractivity (Wildman–Crippen MR) is 88.9 cm³/mol. The second-order valence-electron chi connectivity index (χ2n) is 6.06. The van der Waals surface area contributed by atoms with Gasteiger partial charge in [-0.05, 0) is 49.3 Å². The highest BCUT2D eigenvalue weighted by Crippen LogP contribution is 2.28. The SMILES string of the molecule is CCCCCc1cc(CC(C)=O)cc(CCCCC)c1O. The lowest BCUT2D eigenvalue weighted by Crippen LogP contribution is -2.01. The van der Waals surface area contributed by atoms with Crippen LogP contribution < -0.4 is 0 Å². The monoisotopic (exact) mass is 290 g/mol. The van der Waals surface area contributed by atoms with E-state index in [2.05, 4.69) is 13.8 Å². The summed E-state index contributed by atoms with van der Waals surface area (Å²) in [7, 11) is 0. The molecule has 118 valence electrons. The van der Waals surface area contributed by atoms with E-state index in [1.54, 1.807) is 6.92 Å². The topological polar surface area (TPSA) is 37.3 Å². The molecule has 0 atom stereocenters. The maximum absolute atomic E-state index is 11.4. The second-order valence-corrected chi connectivity index (χ2v) is 6.06. The number of Topliss-reactive ketones (excluding diaryl/α,β-unsaturated/α-hetero) is 1. The van der Waals surface area contributed by atoms with Gasteiger partial charge in [0.2, 0.25) is 0 Å². The summed E-state index contributed by atoms with van der Waals surface area (Å²) in [6.07, 6.45) is 9.21. The molecule has 1 N–H and O–H groups in total. The van der Waals surface area contributed by atoms with Gasteiger partial charge in [-0.15, -0.1) is 0 Å². The summed E-state index contributed by atoms with van der Waals surface area (Å²) in [6, 6.07) is 4.05. The highest BCUT2D eigenvalue weighted by Gasteiger charge is 2.11. The van der Waals surface area contributed by atoms with Crippen LogP contribution in [0.3, 0.4) is 0 Å². The molecule has 0 aliphatic heterocycles. The third-order valence-corrected chi connectivity index (χ3v) is 3.88. The number of phenols is 1. The molecule has 21 heavy (non-hydrogen) atoms. The molecule has 2 nitrogen and oxygen atoms in total. The van der Waals surface area contributed by atoms with Crippen molar-refractivity contribution in [2.75, 3.05) is 0 Å². The Bertz CT molecular complexity index is 418. The van der Waals surface area contributed by atoms with Gasteiger partial charge in [0.05, 0.1) is 0 Å². The number of unbranched alkanes of at least 4 members (excludes halogenated alkanes) is 4. The molecule has 0 spiro atoms. The van der Waals surface area contributed by atoms with E-state index in [0.717, 1.165) is 42.4 Å². The zero-order valence-corrected chi connectivity index (χ0v) is 13.9. The van der Waals surface area contributed by atoms with Gasteiger partial charge in [-0.3, -0.25) is 4.79 Å². The summed E-state index contributed by atoms with van der Waals surface area (Å²) in [5, 5.41) is 10.5. The molecule has 0 saturated heterocycles. The van der Waals surface area contributed by atoms with Crippen molar-refractivity contribution in [1.29, 1.82) is 0 Å². The number of aryl methyl sites for hydroxylation is 2. The molecule has 0 radical (unpaired) electrons. The van der Waals surface area contributed by atoms with Gasteiger partial charge in [-0.25, -0.2) is 0 Å². The maximum atomic E-state index is 11.4. The minimum atomic E-state index is 0.180. The average molecular weight is 290 g/mol. The Labute approximate surface area is 129 Å². The Kier molecular flexibility index (Phi) is 8.11. The van der Waals surface area contributed by atoms with E-state index in [4.69, 9.17) is 0 Å². The number of phenolic OH excluding ortho intramolecular Hbond substituents is 1. The van der Waals surface area contributed by atoms with Gasteiger partial charge >= 0.3 is 0 Å². The normalized spacial score (nSPS) is 10.8. The smallest absolute Gasteiger partial charge is 0.134 e. The molecular formula is C19H30O2. The summed E-state index contributed by atoms with van der Waals surface area (Å²) >= 11 is 0. The highest BCUT2D eigenvalue weighted by atomic mass is 16.3. The van der Waals surface area contributed by atoms with E-state index in [-0.39, 0.29) is 5.78 Å². The molecule has 0 amide bonds. The number of ketones is 1. The van der Waals surface area contributed by atoms with E-state index in [1.807, 2.05) is 12.1 Å². The van der Waals surface area contributed by atoms with Crippen LogP contribution in [-0.4, -0.2) is 10.9 Å². The fraction of sp³-hybridized carbons (Fsp3) is 0.632. The van der Waals surface area contributed by atoms with Crippen LogP contribution in [0.5, 0.6) is 5.75 Å². The van der Waals surface area contributed by atoms with Gasteiger partial charge in [0, 0.05) is 6.42 Å². The number of hydrogen-bond donors (Lipinski definition) is 1. The Morgan fingerprint density at radius 1 is 0.952 bits per heavy atom. The zero-order valence-electron chi connectivity index (χ0n) is 13.9. The van der Waals surface area contributed by atoms with Gasteiger partial charge in [0.25, 0.3) is 0 Å². The van der Waals surface area contributed by atoms with Gasteiger partial charge in [-0.2, -0.15) is 0 Å². The van der Waals surface area contributed by atoms with Gasteiger partial charge < -0.3 is 5.11 Å². The highest BCUT2D eigenvalue weighted by molar-refractivity contribution is 5.78. The van der Waals surface area contributed by atoms with Crippen molar-refractivity contribution in [3.63, 3.8) is 0 Å². The van der Waals surface area contributed by atoms with Crippen LogP contribution in [0.15, 0.2) is 12.1 Å². The molecule has 0 aliphatic carbocycles. The van der Waals surface area contributed by atoms with Gasteiger partial charge in [0.15, 0.2) is 0 Å². The molecule has 1 rings (SSSR count). The fourth-order valence-corrected chi connectivity index (χ4v) is 2.73. The first-order valence-corrected chi connectivity index (χ1v) is 8.41. The average Bonchev–Trinajstić information content (AvgIpc) is 2.43. The lowest BCUT2D eigenvalue weighted by molar-refractivity contribution is -0.116. The third-order valence-electron chi connectivity index (χ3n) is 3.88. The lowest BCUT2D eigenvalue weighted by atomic mass is 9.95. The van der Waals surface area contributed by atoms with Crippen molar-refractivity contribution in [3.05, 3.63) is 28.8 Å². The molecular weight excluding hydrogens is 260 g/mol. The fourth-order valence-electron chi connectivity index (χ4n) is 2.73. The predicted octanol–water partition coefficient (Wildman–Crippen LogP) is 4.99. The number of carbonyl (C=O) groups is 1. The summed E-state index contributed by atoms with van der Waals surface area (Å²) in [5.41, 5.74) is 3.10. The van der Waals surface area contributed by atoms with Crippen LogP contribution in [0.1, 0.15) is 76.0 Å². The molecule has 0 bridgehead atoms. The van der Waals surface area contributed by atoms with Crippen molar-refractivity contribution in [3.8, 4) is 5.75 Å². The Morgan fingerprint density at radius 2 is 1.43 bits per heavy atom. The van der Waals surface area contributed by atoms with Crippen molar-refractivity contribution in [2.24, 2.45) is 0 Å². The number of benzene rings is 1. The van der Waals surface area contributed by atoms with Gasteiger partial charge in [-0.1, -0.05) is 51.7 Å². The lowest BCUT2D eigenvalue weighted by Gasteiger charge is -2.13. The molecule has 0 aromatic heterocycles. The van der Waals surface area contributed by atoms with Crippen LogP contribution in [0, 0.1) is 0 Å². The number of rotatable bonds is 10. The summed E-state index contributed by atoms with van der Waals surface area (Å²) in [5.74, 6) is 0.647. The summed E-state index contributed by atoms with van der Waals surface area (Å²) in [4.78, 5) is 11.4. The number of hydrogen-bond acceptors (Lipinski definition) is 2. The van der Waals surface area contributed by atoms with Crippen LogP contribution in [0.2, 0.25) is 0 Å². The van der Waals surface area contributed by atoms with Crippen molar-refractivity contribution in [2.45, 2.75) is 78.6 Å². The first kappa shape index (κ1) is 17.7. The number of aromatic hydroxyl groups is 1. The molecule has 0 aliphatic rings. The van der Waals surface area contributed by atoms with E-state index in [1.165, 1.54) is 25.7 Å². The van der Waals surface area contributed by atoms with Crippen molar-refractivity contribution in [1.82, 2.24) is 0 Å². The van der Waals surface area contributed by atoms with Crippen molar-refractivity contribution >= 4 is 5.78 Å². The molecule has 0 fully saturated rings. The first-order chi connectivity index (χ1) is 10.1. The molecule has 1 aromatic rings. The van der Waals surface area contributed by atoms with Crippen LogP contribution in [-0.2, 0) is 24.1 Å². The maximum Gasteiger partial charge on any atom is 0.134 e.